The van der Waals surface area contributed by atoms with E-state index in [-0.39, 0.29) is 6.04 Å². The maximum Gasteiger partial charge on any atom is 0.124 e. The zero-order valence-electron chi connectivity index (χ0n) is 11.3. The molecule has 0 aliphatic heterocycles. The molecule has 0 radical (unpaired) electrons. The maximum absolute atomic E-state index is 6.43. The quantitative estimate of drug-likeness (QED) is 0.865. The van der Waals surface area contributed by atoms with Crippen molar-refractivity contribution in [1.82, 2.24) is 0 Å². The summed E-state index contributed by atoms with van der Waals surface area (Å²) in [6.45, 7) is 6.49. The molecular weight excluding hydrogens is 210 g/mol. The molecule has 17 heavy (non-hydrogen) atoms. The monoisotopic (exact) mass is 233 g/mol. The first-order valence-electron chi connectivity index (χ1n) is 6.45. The lowest BCUT2D eigenvalue weighted by Gasteiger charge is -2.24. The van der Waals surface area contributed by atoms with Gasteiger partial charge in [-0.2, -0.15) is 0 Å². The number of aryl methyl sites for hydroxylation is 2. The third-order valence-corrected chi connectivity index (χ3v) is 3.98. The van der Waals surface area contributed by atoms with Crippen molar-refractivity contribution in [3.8, 4) is 5.75 Å². The van der Waals surface area contributed by atoms with Crippen LogP contribution in [0.1, 0.15) is 42.5 Å². The van der Waals surface area contributed by atoms with Gasteiger partial charge in [0.2, 0.25) is 0 Å². The lowest BCUT2D eigenvalue weighted by atomic mass is 9.88. The molecule has 0 heterocycles. The van der Waals surface area contributed by atoms with Crippen LogP contribution < -0.4 is 10.5 Å². The molecule has 2 N–H and O–H groups in total. The fourth-order valence-electron chi connectivity index (χ4n) is 2.71. The predicted octanol–water partition coefficient (Wildman–Crippen LogP) is 3.36. The Morgan fingerprint density at radius 2 is 1.94 bits per heavy atom. The van der Waals surface area contributed by atoms with Crippen LogP contribution in [0, 0.1) is 25.7 Å². The number of hydrogen-bond donors (Lipinski definition) is 1. The van der Waals surface area contributed by atoms with Crippen LogP contribution in [-0.2, 0) is 0 Å². The van der Waals surface area contributed by atoms with Crippen molar-refractivity contribution in [1.29, 1.82) is 0 Å². The number of ether oxygens (including phenoxy) is 1. The largest absolute Gasteiger partial charge is 0.496 e. The summed E-state index contributed by atoms with van der Waals surface area (Å²) in [7, 11) is 1.73. The van der Waals surface area contributed by atoms with E-state index in [4.69, 9.17) is 10.5 Å². The van der Waals surface area contributed by atoms with E-state index in [0.29, 0.717) is 5.92 Å². The number of nitrogens with two attached hydrogens (primary N) is 1. The van der Waals surface area contributed by atoms with Crippen molar-refractivity contribution in [2.24, 2.45) is 17.6 Å². The standard InChI is InChI=1S/C15H23NO/c1-9-7-10(2)14(13(8-9)17-4)15(16)11(3)12-5-6-12/h7-8,11-12,15H,5-6,16H2,1-4H3. The second kappa shape index (κ2) is 4.69. The van der Waals surface area contributed by atoms with Gasteiger partial charge in [-0.05, 0) is 55.7 Å². The Kier molecular flexibility index (Phi) is 3.43. The lowest BCUT2D eigenvalue weighted by Crippen LogP contribution is -2.22. The highest BCUT2D eigenvalue weighted by Crippen LogP contribution is 2.44. The van der Waals surface area contributed by atoms with E-state index in [1.54, 1.807) is 7.11 Å². The van der Waals surface area contributed by atoms with Gasteiger partial charge in [0.1, 0.15) is 5.75 Å². The van der Waals surface area contributed by atoms with E-state index in [1.165, 1.54) is 29.5 Å². The molecule has 1 aliphatic rings. The second-order valence-corrected chi connectivity index (χ2v) is 5.42. The minimum absolute atomic E-state index is 0.0954. The topological polar surface area (TPSA) is 35.2 Å². The van der Waals surface area contributed by atoms with Gasteiger partial charge in [-0.3, -0.25) is 0 Å². The minimum atomic E-state index is 0.0954. The number of benzene rings is 1. The van der Waals surface area contributed by atoms with Crippen molar-refractivity contribution < 1.29 is 4.74 Å². The first-order valence-corrected chi connectivity index (χ1v) is 6.45. The molecule has 2 nitrogen and oxygen atoms in total. The molecule has 0 saturated heterocycles. The Hall–Kier alpha value is -1.02. The number of hydrogen-bond acceptors (Lipinski definition) is 2. The highest BCUT2D eigenvalue weighted by atomic mass is 16.5. The molecule has 2 atom stereocenters. The maximum atomic E-state index is 6.43. The van der Waals surface area contributed by atoms with Crippen LogP contribution in [0.5, 0.6) is 5.75 Å². The second-order valence-electron chi connectivity index (χ2n) is 5.42. The molecule has 1 aliphatic carbocycles. The first kappa shape index (κ1) is 12.4. The first-order chi connectivity index (χ1) is 8.04. The molecule has 1 aromatic carbocycles. The molecule has 0 spiro atoms. The lowest BCUT2D eigenvalue weighted by molar-refractivity contribution is 0.375. The van der Waals surface area contributed by atoms with Crippen LogP contribution in [0.3, 0.4) is 0 Å². The summed E-state index contributed by atoms with van der Waals surface area (Å²) in [6, 6.07) is 4.37. The molecule has 0 bridgehead atoms. The van der Waals surface area contributed by atoms with Crippen LogP contribution in [0.25, 0.3) is 0 Å². The third kappa shape index (κ3) is 2.47. The SMILES string of the molecule is COc1cc(C)cc(C)c1C(N)C(C)C1CC1. The van der Waals surface area contributed by atoms with Gasteiger partial charge in [0, 0.05) is 11.6 Å². The van der Waals surface area contributed by atoms with Crippen molar-refractivity contribution in [3.63, 3.8) is 0 Å². The highest BCUT2D eigenvalue weighted by Gasteiger charge is 2.33. The van der Waals surface area contributed by atoms with Gasteiger partial charge in [-0.15, -0.1) is 0 Å². The summed E-state index contributed by atoms with van der Waals surface area (Å²) in [5.74, 6) is 2.31. The number of rotatable bonds is 4. The number of methoxy groups -OCH3 is 1. The van der Waals surface area contributed by atoms with Crippen molar-refractivity contribution >= 4 is 0 Å². The summed E-state index contributed by atoms with van der Waals surface area (Å²) in [6.07, 6.45) is 2.67. The van der Waals surface area contributed by atoms with Gasteiger partial charge in [0.05, 0.1) is 7.11 Å². The van der Waals surface area contributed by atoms with Crippen LogP contribution in [0.15, 0.2) is 12.1 Å². The molecule has 0 aromatic heterocycles. The van der Waals surface area contributed by atoms with E-state index in [1.807, 2.05) is 0 Å². The molecule has 2 heteroatoms. The van der Waals surface area contributed by atoms with Gasteiger partial charge < -0.3 is 10.5 Å². The summed E-state index contributed by atoms with van der Waals surface area (Å²) < 4.78 is 5.50. The minimum Gasteiger partial charge on any atom is -0.496 e. The van der Waals surface area contributed by atoms with Gasteiger partial charge in [0.15, 0.2) is 0 Å². The molecular formula is C15H23NO. The van der Waals surface area contributed by atoms with Crippen LogP contribution in [0.4, 0.5) is 0 Å². The fourth-order valence-corrected chi connectivity index (χ4v) is 2.71. The molecule has 1 aromatic rings. The Morgan fingerprint density at radius 1 is 1.29 bits per heavy atom. The smallest absolute Gasteiger partial charge is 0.124 e. The van der Waals surface area contributed by atoms with Gasteiger partial charge in [0.25, 0.3) is 0 Å². The molecule has 1 saturated carbocycles. The Morgan fingerprint density at radius 3 is 2.47 bits per heavy atom. The Bertz CT molecular complexity index is 410. The Balaban J connectivity index is 2.35. The van der Waals surface area contributed by atoms with Crippen molar-refractivity contribution in [2.75, 3.05) is 7.11 Å². The van der Waals surface area contributed by atoms with Crippen LogP contribution in [-0.4, -0.2) is 7.11 Å². The van der Waals surface area contributed by atoms with Crippen molar-refractivity contribution in [2.45, 2.75) is 39.7 Å². The van der Waals surface area contributed by atoms with E-state index >= 15 is 0 Å². The average Bonchev–Trinajstić information content (AvgIpc) is 3.09. The summed E-state index contributed by atoms with van der Waals surface area (Å²) in [5, 5.41) is 0. The molecule has 94 valence electrons. The highest BCUT2D eigenvalue weighted by molar-refractivity contribution is 5.45. The van der Waals surface area contributed by atoms with E-state index in [9.17, 15) is 0 Å². The zero-order chi connectivity index (χ0) is 12.6. The Labute approximate surface area is 104 Å². The summed E-state index contributed by atoms with van der Waals surface area (Å²) in [4.78, 5) is 0. The molecule has 2 unspecified atom stereocenters. The fraction of sp³-hybridized carbons (Fsp3) is 0.600. The van der Waals surface area contributed by atoms with Gasteiger partial charge in [-0.1, -0.05) is 13.0 Å². The zero-order valence-corrected chi connectivity index (χ0v) is 11.3. The molecule has 2 rings (SSSR count). The summed E-state index contributed by atoms with van der Waals surface area (Å²) >= 11 is 0. The van der Waals surface area contributed by atoms with Crippen molar-refractivity contribution in [3.05, 3.63) is 28.8 Å². The van der Waals surface area contributed by atoms with Crippen LogP contribution in [0.2, 0.25) is 0 Å². The van der Waals surface area contributed by atoms with E-state index < -0.39 is 0 Å². The van der Waals surface area contributed by atoms with E-state index in [2.05, 4.69) is 32.9 Å². The van der Waals surface area contributed by atoms with Gasteiger partial charge in [-0.25, -0.2) is 0 Å². The predicted molar refractivity (Wildman–Crippen MR) is 71.3 cm³/mol. The van der Waals surface area contributed by atoms with Gasteiger partial charge >= 0.3 is 0 Å². The average molecular weight is 233 g/mol. The van der Waals surface area contributed by atoms with E-state index in [0.717, 1.165) is 11.7 Å². The molecule has 1 fully saturated rings. The molecule has 0 amide bonds. The normalized spacial score (nSPS) is 18.9. The third-order valence-electron chi connectivity index (χ3n) is 3.98. The van der Waals surface area contributed by atoms with Crippen LogP contribution >= 0.6 is 0 Å². The summed E-state index contributed by atoms with van der Waals surface area (Å²) in [5.41, 5.74) is 10.1.